The van der Waals surface area contributed by atoms with Gasteiger partial charge in [-0.2, -0.15) is 19.3 Å². The summed E-state index contributed by atoms with van der Waals surface area (Å²) in [7, 11) is 0. The summed E-state index contributed by atoms with van der Waals surface area (Å²) in [5, 5.41) is 1.99. The summed E-state index contributed by atoms with van der Waals surface area (Å²) in [5.41, 5.74) is 3.80. The zero-order valence-electron chi connectivity index (χ0n) is 22.0. The summed E-state index contributed by atoms with van der Waals surface area (Å²) in [6.45, 7) is 5.03. The van der Waals surface area contributed by atoms with Crippen LogP contribution in [0, 0.1) is 6.08 Å². The fourth-order valence-electron chi connectivity index (χ4n) is 6.15. The molecule has 0 aromatic carbocycles. The molecule has 38 heavy (non-hydrogen) atoms. The Hall–Kier alpha value is -1.79. The van der Waals surface area contributed by atoms with Crippen LogP contribution in [0.3, 0.4) is 0 Å². The molecule has 2 aliphatic carbocycles. The lowest BCUT2D eigenvalue weighted by molar-refractivity contribution is 0.00206. The number of hydrogen-bond acceptors (Lipinski definition) is 9. The van der Waals surface area contributed by atoms with E-state index in [1.54, 1.807) is 0 Å². The Labute approximate surface area is 227 Å². The first kappa shape index (κ1) is 26.4. The van der Waals surface area contributed by atoms with Gasteiger partial charge >= 0.3 is 6.08 Å². The van der Waals surface area contributed by atoms with Gasteiger partial charge in [0.15, 0.2) is 5.82 Å². The Morgan fingerprint density at radius 3 is 2.05 bits per heavy atom. The molecule has 11 heteroatoms. The number of anilines is 1. The van der Waals surface area contributed by atoms with Crippen LogP contribution >= 0.6 is 11.8 Å². The minimum absolute atomic E-state index is 0.336. The molecule has 0 N–H and O–H groups in total. The van der Waals surface area contributed by atoms with Gasteiger partial charge in [0, 0.05) is 24.4 Å². The van der Waals surface area contributed by atoms with Gasteiger partial charge in [-0.1, -0.05) is 12.8 Å². The first-order valence-electron chi connectivity index (χ1n) is 14.2. The molecule has 4 heterocycles. The van der Waals surface area contributed by atoms with Crippen molar-refractivity contribution in [3.8, 4) is 11.5 Å². The predicted octanol–water partition coefficient (Wildman–Crippen LogP) is 3.83. The summed E-state index contributed by atoms with van der Waals surface area (Å²) in [5.74, 6) is 0.797. The minimum atomic E-state index is -0.740. The van der Waals surface area contributed by atoms with Crippen LogP contribution in [0.4, 0.5) is 10.3 Å². The van der Waals surface area contributed by atoms with Gasteiger partial charge in [-0.15, -0.1) is 11.8 Å². The third-order valence-corrected chi connectivity index (χ3v) is 9.47. The number of thioether (sulfide) groups is 1. The molecule has 2 aliphatic heterocycles. The maximum absolute atomic E-state index is 15.1. The average molecular weight is 548 g/mol. The molecule has 2 aromatic rings. The average Bonchev–Trinajstić information content (AvgIpc) is 3.45. The van der Waals surface area contributed by atoms with Gasteiger partial charge in [0.2, 0.25) is 5.95 Å². The van der Waals surface area contributed by atoms with Crippen LogP contribution in [-0.2, 0) is 31.8 Å². The highest BCUT2D eigenvalue weighted by atomic mass is 32.2. The van der Waals surface area contributed by atoms with E-state index < -0.39 is 6.08 Å². The summed E-state index contributed by atoms with van der Waals surface area (Å²) >= 11 is 2.04. The van der Waals surface area contributed by atoms with Crippen LogP contribution in [0.25, 0.3) is 11.5 Å². The molecule has 0 radical (unpaired) electrons. The van der Waals surface area contributed by atoms with E-state index in [0.717, 1.165) is 25.0 Å². The van der Waals surface area contributed by atoms with Crippen molar-refractivity contribution in [2.24, 2.45) is 0 Å². The topological polar surface area (TPSA) is 83.8 Å². The van der Waals surface area contributed by atoms with Crippen molar-refractivity contribution in [1.29, 1.82) is 0 Å². The number of nitrogens with zero attached hydrogens (tertiary/aromatic N) is 5. The second-order valence-corrected chi connectivity index (χ2v) is 11.6. The van der Waals surface area contributed by atoms with Crippen LogP contribution in [0.5, 0.6) is 0 Å². The lowest BCUT2D eigenvalue weighted by Gasteiger charge is -2.27. The second kappa shape index (κ2) is 12.6. The smallest absolute Gasteiger partial charge is 0.314 e. The SMILES string of the molecule is Fc1nc(-c2c3c(c4n2C2CCCCC2S4)CCCC3)nc(N2CCOCCOCCOCCOCC2)n1. The van der Waals surface area contributed by atoms with E-state index in [1.807, 2.05) is 16.7 Å². The van der Waals surface area contributed by atoms with Crippen molar-refractivity contribution in [3.63, 3.8) is 0 Å². The summed E-state index contributed by atoms with van der Waals surface area (Å²) in [4.78, 5) is 15.3. The zero-order valence-corrected chi connectivity index (χ0v) is 22.9. The summed E-state index contributed by atoms with van der Waals surface area (Å²) in [6.07, 6.45) is 8.65. The lowest BCUT2D eigenvalue weighted by Crippen LogP contribution is -2.33. The third-order valence-electron chi connectivity index (χ3n) is 7.95. The minimum Gasteiger partial charge on any atom is -0.377 e. The number of rotatable bonds is 2. The molecule has 0 amide bonds. The monoisotopic (exact) mass is 547 g/mol. The number of halogens is 1. The Morgan fingerprint density at radius 1 is 0.711 bits per heavy atom. The van der Waals surface area contributed by atoms with Crippen molar-refractivity contribution in [2.75, 3.05) is 70.8 Å². The van der Waals surface area contributed by atoms with Crippen molar-refractivity contribution >= 4 is 17.7 Å². The maximum Gasteiger partial charge on any atom is 0.314 e. The van der Waals surface area contributed by atoms with Gasteiger partial charge in [-0.25, -0.2) is 0 Å². The molecule has 0 spiro atoms. The Morgan fingerprint density at radius 2 is 1.34 bits per heavy atom. The van der Waals surface area contributed by atoms with Gasteiger partial charge in [-0.05, 0) is 49.7 Å². The maximum atomic E-state index is 15.1. The number of ether oxygens (including phenoxy) is 4. The molecule has 2 fully saturated rings. The largest absolute Gasteiger partial charge is 0.377 e. The lowest BCUT2D eigenvalue weighted by atomic mass is 9.93. The molecule has 208 valence electrons. The summed E-state index contributed by atoms with van der Waals surface area (Å²) in [6, 6.07) is 0.442. The van der Waals surface area contributed by atoms with Crippen molar-refractivity contribution in [1.82, 2.24) is 19.5 Å². The molecule has 0 bridgehead atoms. The van der Waals surface area contributed by atoms with E-state index in [4.69, 9.17) is 23.9 Å². The van der Waals surface area contributed by atoms with Crippen LogP contribution in [0.2, 0.25) is 0 Å². The Bertz CT molecular complexity index is 1090. The highest BCUT2D eigenvalue weighted by Gasteiger charge is 2.41. The van der Waals surface area contributed by atoms with Crippen molar-refractivity contribution in [3.05, 3.63) is 17.2 Å². The molecule has 2 atom stereocenters. The molecule has 4 aliphatic rings. The van der Waals surface area contributed by atoms with Gasteiger partial charge in [0.1, 0.15) is 0 Å². The number of aromatic nitrogens is 4. The van der Waals surface area contributed by atoms with E-state index in [2.05, 4.69) is 14.5 Å². The van der Waals surface area contributed by atoms with Gasteiger partial charge < -0.3 is 28.4 Å². The van der Waals surface area contributed by atoms with E-state index in [0.29, 0.717) is 89.0 Å². The molecule has 2 unspecified atom stereocenters. The first-order valence-corrected chi connectivity index (χ1v) is 15.1. The van der Waals surface area contributed by atoms with Crippen molar-refractivity contribution < 1.29 is 23.3 Å². The Kier molecular flexibility index (Phi) is 8.76. The molecule has 1 saturated heterocycles. The van der Waals surface area contributed by atoms with E-state index in [-0.39, 0.29) is 0 Å². The number of hydrogen-bond donors (Lipinski definition) is 0. The highest BCUT2D eigenvalue weighted by molar-refractivity contribution is 8.00. The zero-order chi connectivity index (χ0) is 25.7. The van der Waals surface area contributed by atoms with Crippen LogP contribution < -0.4 is 4.90 Å². The highest BCUT2D eigenvalue weighted by Crippen LogP contribution is 2.54. The Balaban J connectivity index is 1.30. The van der Waals surface area contributed by atoms with Crippen LogP contribution in [-0.4, -0.2) is 90.7 Å². The molecule has 6 rings (SSSR count). The van der Waals surface area contributed by atoms with Crippen LogP contribution in [0.1, 0.15) is 55.7 Å². The quantitative estimate of drug-likeness (QED) is 0.557. The fraction of sp³-hybridized carbons (Fsp3) is 0.741. The molecular formula is C27H38FN5O4S. The van der Waals surface area contributed by atoms with Gasteiger partial charge in [0.05, 0.1) is 63.6 Å². The fourth-order valence-corrected chi connectivity index (χ4v) is 7.84. The molecule has 2 aromatic heterocycles. The van der Waals surface area contributed by atoms with E-state index in [1.165, 1.54) is 48.3 Å². The molecule has 9 nitrogen and oxygen atoms in total. The third kappa shape index (κ3) is 5.72. The first-order chi connectivity index (χ1) is 18.8. The van der Waals surface area contributed by atoms with Crippen molar-refractivity contribution in [2.45, 2.75) is 67.7 Å². The second-order valence-electron chi connectivity index (χ2n) is 10.4. The normalized spacial score (nSPS) is 25.7. The molecule has 1 saturated carbocycles. The number of fused-ring (bicyclic) bond motifs is 5. The molecular weight excluding hydrogens is 509 g/mol. The van der Waals surface area contributed by atoms with Gasteiger partial charge in [0.25, 0.3) is 0 Å². The standard InChI is InChI=1S/C27H38FN5O4S/c28-26-29-24(23-19-5-1-2-6-20(19)25-33(23)21-7-3-4-8-22(21)38-25)30-27(31-26)32-9-11-34-13-15-36-17-18-37-16-14-35-12-10-32/h21-22H,1-18H2. The summed E-state index contributed by atoms with van der Waals surface area (Å²) < 4.78 is 40.2. The van der Waals surface area contributed by atoms with E-state index in [9.17, 15) is 0 Å². The predicted molar refractivity (Wildman–Crippen MR) is 142 cm³/mol. The van der Waals surface area contributed by atoms with Gasteiger partial charge in [-0.3, -0.25) is 0 Å². The van der Waals surface area contributed by atoms with Crippen LogP contribution in [0.15, 0.2) is 5.03 Å². The van der Waals surface area contributed by atoms with E-state index >= 15 is 4.39 Å².